The van der Waals surface area contributed by atoms with Crippen LogP contribution in [0.25, 0.3) is 0 Å². The maximum absolute atomic E-state index is 10.5. The fraction of sp³-hybridized carbons (Fsp3) is 0.750. The predicted octanol–water partition coefficient (Wildman–Crippen LogP) is 1.19. The second kappa shape index (κ2) is 5.57. The van der Waals surface area contributed by atoms with Crippen LogP contribution in [0.3, 0.4) is 0 Å². The summed E-state index contributed by atoms with van der Waals surface area (Å²) in [6.45, 7) is 3.16. The maximum atomic E-state index is 10.5. The average molecular weight is 174 g/mol. The molecule has 0 spiro atoms. The summed E-state index contributed by atoms with van der Waals surface area (Å²) in [5.74, 6) is -1.61. The molecule has 0 aliphatic carbocycles. The first-order valence-corrected chi connectivity index (χ1v) is 3.98. The van der Waals surface area contributed by atoms with E-state index in [-0.39, 0.29) is 0 Å². The first-order chi connectivity index (χ1) is 5.57. The van der Waals surface area contributed by atoms with Crippen molar-refractivity contribution in [1.29, 1.82) is 0 Å². The van der Waals surface area contributed by atoms with E-state index in [1.165, 1.54) is 6.92 Å². The summed E-state index contributed by atoms with van der Waals surface area (Å²) in [4.78, 5) is 20.9. The lowest BCUT2D eigenvalue weighted by Gasteiger charge is -2.10. The second-order valence-electron chi connectivity index (χ2n) is 2.58. The molecule has 0 heterocycles. The van der Waals surface area contributed by atoms with E-state index in [2.05, 4.69) is 4.74 Å². The first kappa shape index (κ1) is 10.9. The largest absolute Gasteiger partial charge is 0.479 e. The molecule has 0 fully saturated rings. The number of ether oxygens (including phenoxy) is 1. The summed E-state index contributed by atoms with van der Waals surface area (Å²) in [5.41, 5.74) is 0. The molecule has 1 N–H and O–H groups in total. The Hall–Kier alpha value is -1.06. The van der Waals surface area contributed by atoms with Crippen LogP contribution < -0.4 is 0 Å². The minimum atomic E-state index is -1.07. The third kappa shape index (κ3) is 4.71. The Labute approximate surface area is 71.5 Å². The highest BCUT2D eigenvalue weighted by Crippen LogP contribution is 2.05. The van der Waals surface area contributed by atoms with Gasteiger partial charge in [-0.1, -0.05) is 13.3 Å². The van der Waals surface area contributed by atoms with Gasteiger partial charge in [-0.2, -0.15) is 0 Å². The zero-order valence-electron chi connectivity index (χ0n) is 7.37. The Kier molecular flexibility index (Phi) is 5.08. The van der Waals surface area contributed by atoms with Crippen molar-refractivity contribution in [2.24, 2.45) is 0 Å². The molecule has 0 aliphatic heterocycles. The van der Waals surface area contributed by atoms with Gasteiger partial charge in [0.25, 0.3) is 0 Å². The van der Waals surface area contributed by atoms with Crippen LogP contribution in [0.15, 0.2) is 0 Å². The van der Waals surface area contributed by atoms with Gasteiger partial charge in [0, 0.05) is 6.92 Å². The fourth-order valence-corrected chi connectivity index (χ4v) is 0.823. The molecule has 0 amide bonds. The van der Waals surface area contributed by atoms with Gasteiger partial charge in [0.05, 0.1) is 0 Å². The molecule has 0 bridgehead atoms. The highest BCUT2D eigenvalue weighted by molar-refractivity contribution is 5.76. The lowest BCUT2D eigenvalue weighted by Crippen LogP contribution is -2.25. The summed E-state index contributed by atoms with van der Waals surface area (Å²) in [5, 5.41) is 8.57. The van der Waals surface area contributed by atoms with Gasteiger partial charge in [-0.3, -0.25) is 4.79 Å². The smallest absolute Gasteiger partial charge is 0.345 e. The molecular formula is C8H14O4. The van der Waals surface area contributed by atoms with E-state index in [4.69, 9.17) is 5.11 Å². The van der Waals surface area contributed by atoms with Crippen LogP contribution in [-0.2, 0) is 14.3 Å². The zero-order chi connectivity index (χ0) is 9.56. The van der Waals surface area contributed by atoms with E-state index in [9.17, 15) is 9.59 Å². The first-order valence-electron chi connectivity index (χ1n) is 3.98. The van der Waals surface area contributed by atoms with Crippen LogP contribution >= 0.6 is 0 Å². The van der Waals surface area contributed by atoms with Gasteiger partial charge >= 0.3 is 11.9 Å². The Morgan fingerprint density at radius 2 is 2.08 bits per heavy atom. The third-order valence-corrected chi connectivity index (χ3v) is 1.40. The Morgan fingerprint density at radius 1 is 1.50 bits per heavy atom. The minimum Gasteiger partial charge on any atom is -0.479 e. The van der Waals surface area contributed by atoms with Crippen molar-refractivity contribution in [2.45, 2.75) is 39.2 Å². The molecule has 4 nitrogen and oxygen atoms in total. The molecule has 0 aromatic carbocycles. The Morgan fingerprint density at radius 3 is 2.42 bits per heavy atom. The summed E-state index contributed by atoms with van der Waals surface area (Å²) < 4.78 is 4.58. The number of hydrogen-bond acceptors (Lipinski definition) is 3. The van der Waals surface area contributed by atoms with Gasteiger partial charge in [0.1, 0.15) is 0 Å². The van der Waals surface area contributed by atoms with Crippen molar-refractivity contribution in [3.8, 4) is 0 Å². The number of carbonyl (C=O) groups is 2. The minimum absolute atomic E-state index is 0.394. The van der Waals surface area contributed by atoms with Gasteiger partial charge in [0.15, 0.2) is 6.10 Å². The number of unbranched alkanes of at least 4 members (excludes halogenated alkanes) is 1. The molecule has 70 valence electrons. The van der Waals surface area contributed by atoms with Gasteiger partial charge in [-0.05, 0) is 12.8 Å². The van der Waals surface area contributed by atoms with Crippen LogP contribution in [0.4, 0.5) is 0 Å². The van der Waals surface area contributed by atoms with Gasteiger partial charge < -0.3 is 9.84 Å². The van der Waals surface area contributed by atoms with E-state index in [0.29, 0.717) is 6.42 Å². The van der Waals surface area contributed by atoms with Crippen molar-refractivity contribution < 1.29 is 19.4 Å². The molecule has 0 rings (SSSR count). The summed E-state index contributed by atoms with van der Waals surface area (Å²) in [6, 6.07) is 0. The van der Waals surface area contributed by atoms with E-state index >= 15 is 0 Å². The van der Waals surface area contributed by atoms with Crippen LogP contribution in [0, 0.1) is 0 Å². The molecule has 0 radical (unpaired) electrons. The van der Waals surface area contributed by atoms with Crippen LogP contribution in [0.5, 0.6) is 0 Å². The molecule has 0 saturated carbocycles. The molecule has 0 aromatic heterocycles. The average Bonchev–Trinajstić information content (AvgIpc) is 1.96. The quantitative estimate of drug-likeness (QED) is 0.636. The molecule has 0 aliphatic rings. The molecule has 0 saturated heterocycles. The molecule has 12 heavy (non-hydrogen) atoms. The Balaban J connectivity index is 3.87. The van der Waals surface area contributed by atoms with Crippen LogP contribution in [-0.4, -0.2) is 23.1 Å². The second-order valence-corrected chi connectivity index (χ2v) is 2.58. The molecule has 0 aromatic rings. The standard InChI is InChI=1S/C8H14O4/c1-3-4-5-7(8(10)11)12-6(2)9/h7H,3-5H2,1-2H3,(H,10,11)/t7-/m0/s1. The Bertz CT molecular complexity index is 164. The maximum Gasteiger partial charge on any atom is 0.345 e. The number of hydrogen-bond donors (Lipinski definition) is 1. The van der Waals surface area contributed by atoms with E-state index in [0.717, 1.165) is 12.8 Å². The van der Waals surface area contributed by atoms with Crippen LogP contribution in [0.2, 0.25) is 0 Å². The number of carboxylic acids is 1. The van der Waals surface area contributed by atoms with E-state index < -0.39 is 18.0 Å². The predicted molar refractivity (Wildman–Crippen MR) is 42.7 cm³/mol. The van der Waals surface area contributed by atoms with Crippen molar-refractivity contribution >= 4 is 11.9 Å². The highest BCUT2D eigenvalue weighted by Gasteiger charge is 2.19. The third-order valence-electron chi connectivity index (χ3n) is 1.40. The summed E-state index contributed by atoms with van der Waals surface area (Å²) in [6.07, 6.45) is 1.07. The van der Waals surface area contributed by atoms with Gasteiger partial charge in [-0.25, -0.2) is 4.79 Å². The summed E-state index contributed by atoms with van der Waals surface area (Å²) in [7, 11) is 0. The van der Waals surface area contributed by atoms with E-state index in [1.54, 1.807) is 0 Å². The zero-order valence-corrected chi connectivity index (χ0v) is 7.37. The lowest BCUT2D eigenvalue weighted by molar-refractivity contribution is -0.162. The van der Waals surface area contributed by atoms with Gasteiger partial charge in [-0.15, -0.1) is 0 Å². The topological polar surface area (TPSA) is 63.6 Å². The van der Waals surface area contributed by atoms with Gasteiger partial charge in [0.2, 0.25) is 0 Å². The number of carboxylic acid groups (broad SMARTS) is 1. The number of rotatable bonds is 5. The van der Waals surface area contributed by atoms with Crippen molar-refractivity contribution in [2.75, 3.05) is 0 Å². The molecule has 4 heteroatoms. The molecular weight excluding hydrogens is 160 g/mol. The molecule has 0 unspecified atom stereocenters. The lowest BCUT2D eigenvalue weighted by atomic mass is 10.1. The number of carbonyl (C=O) groups excluding carboxylic acids is 1. The van der Waals surface area contributed by atoms with Crippen molar-refractivity contribution in [3.63, 3.8) is 0 Å². The fourth-order valence-electron chi connectivity index (χ4n) is 0.823. The SMILES string of the molecule is CCCC[C@H](OC(C)=O)C(=O)O. The summed E-state index contributed by atoms with van der Waals surface area (Å²) >= 11 is 0. The normalized spacial score (nSPS) is 12.2. The van der Waals surface area contributed by atoms with Crippen molar-refractivity contribution in [3.05, 3.63) is 0 Å². The number of aliphatic carboxylic acids is 1. The number of esters is 1. The highest BCUT2D eigenvalue weighted by atomic mass is 16.6. The van der Waals surface area contributed by atoms with Crippen molar-refractivity contribution in [1.82, 2.24) is 0 Å². The van der Waals surface area contributed by atoms with Crippen LogP contribution in [0.1, 0.15) is 33.1 Å². The monoisotopic (exact) mass is 174 g/mol. The molecule has 1 atom stereocenters. The van der Waals surface area contributed by atoms with E-state index in [1.807, 2.05) is 6.92 Å².